The van der Waals surface area contributed by atoms with Crippen molar-refractivity contribution < 1.29 is 9.90 Å². The maximum atomic E-state index is 12.1. The number of aliphatic imine (C=N–C) groups is 1. The average Bonchev–Trinajstić information content (AvgIpc) is 2.69. The minimum atomic E-state index is -0.329. The average molecular weight is 267 g/mol. The van der Waals surface area contributed by atoms with Crippen LogP contribution in [0.15, 0.2) is 4.99 Å². The van der Waals surface area contributed by atoms with Crippen molar-refractivity contribution in [3.05, 3.63) is 0 Å². The molecule has 1 aliphatic heterocycles. The summed E-state index contributed by atoms with van der Waals surface area (Å²) in [4.78, 5) is 16.7. The van der Waals surface area contributed by atoms with Crippen LogP contribution in [0.2, 0.25) is 0 Å². The summed E-state index contributed by atoms with van der Waals surface area (Å²) in [6, 6.07) is 0.00344. The Hall–Kier alpha value is -0.350. The van der Waals surface area contributed by atoms with Crippen LogP contribution < -0.4 is 0 Å². The first-order valence-corrected chi connectivity index (χ1v) is 7.91. The van der Waals surface area contributed by atoms with E-state index in [-0.39, 0.29) is 18.1 Å². The lowest BCUT2D eigenvalue weighted by Crippen LogP contribution is -2.28. The maximum Gasteiger partial charge on any atom is 0.142 e. The van der Waals surface area contributed by atoms with Gasteiger partial charge in [0, 0.05) is 23.6 Å². The Bertz CT molecular complexity index is 418. The highest BCUT2D eigenvalue weighted by atomic mass is 32.2. The normalized spacial score (nSPS) is 46.3. The summed E-state index contributed by atoms with van der Waals surface area (Å²) in [5, 5.41) is 9.81. The molecule has 2 aliphatic carbocycles. The topological polar surface area (TPSA) is 49.7 Å². The van der Waals surface area contributed by atoms with Crippen LogP contribution in [-0.4, -0.2) is 40.3 Å². The molecule has 3 aliphatic rings. The van der Waals surface area contributed by atoms with Gasteiger partial charge in [-0.2, -0.15) is 11.8 Å². The number of hydrogen-bond acceptors (Lipinski definition) is 4. The van der Waals surface area contributed by atoms with Gasteiger partial charge < -0.3 is 5.11 Å². The molecule has 0 bridgehead atoms. The van der Waals surface area contributed by atoms with E-state index in [0.29, 0.717) is 23.0 Å². The van der Waals surface area contributed by atoms with Gasteiger partial charge in [0.1, 0.15) is 5.78 Å². The van der Waals surface area contributed by atoms with Crippen LogP contribution >= 0.6 is 11.8 Å². The van der Waals surface area contributed by atoms with Gasteiger partial charge in [-0.15, -0.1) is 0 Å². The third-order valence-electron chi connectivity index (χ3n) is 5.11. The minimum absolute atomic E-state index is 0.00344. The van der Waals surface area contributed by atoms with E-state index >= 15 is 0 Å². The first kappa shape index (κ1) is 12.7. The maximum absolute atomic E-state index is 12.1. The van der Waals surface area contributed by atoms with E-state index in [9.17, 15) is 9.90 Å². The number of aliphatic hydroxyl groups excluding tert-OH is 1. The third kappa shape index (κ3) is 1.76. The number of thioether (sulfide) groups is 1. The summed E-state index contributed by atoms with van der Waals surface area (Å²) in [5.41, 5.74) is 1.28. The number of ketones is 1. The van der Waals surface area contributed by atoms with Crippen molar-refractivity contribution in [1.82, 2.24) is 0 Å². The standard InChI is InChI=1S/C14H21NO2S/c1-7(15-9-5-18-6-11(9)17)12-10(16)4-8-13(12)14(8,2)3/h8-9,11-13,17H,4-6H2,1-3H3/t8-,9-,11+,12?,13-/m1/s1. The lowest BCUT2D eigenvalue weighted by molar-refractivity contribution is -0.120. The second-order valence-electron chi connectivity index (χ2n) is 6.54. The SMILES string of the molecule is CC(=N[C@@H]1CSC[C@@H]1O)C1C(=O)C[C@@H]2[C@H]1C2(C)C. The Labute approximate surface area is 112 Å². The zero-order valence-electron chi connectivity index (χ0n) is 11.2. The molecule has 0 aromatic rings. The lowest BCUT2D eigenvalue weighted by Gasteiger charge is -2.18. The summed E-state index contributed by atoms with van der Waals surface area (Å²) in [6.45, 7) is 6.50. The van der Waals surface area contributed by atoms with Crippen molar-refractivity contribution >= 4 is 23.3 Å². The summed E-state index contributed by atoms with van der Waals surface area (Å²) in [6.07, 6.45) is 0.404. The molecule has 0 amide bonds. The van der Waals surface area contributed by atoms with Gasteiger partial charge in [-0.05, 0) is 24.2 Å². The molecule has 4 heteroatoms. The van der Waals surface area contributed by atoms with Gasteiger partial charge in [-0.3, -0.25) is 9.79 Å². The number of nitrogens with zero attached hydrogens (tertiary/aromatic N) is 1. The van der Waals surface area contributed by atoms with Crippen molar-refractivity contribution in [2.75, 3.05) is 11.5 Å². The van der Waals surface area contributed by atoms with Crippen LogP contribution in [0.5, 0.6) is 0 Å². The molecule has 1 N–H and O–H groups in total. The lowest BCUT2D eigenvalue weighted by atomic mass is 9.88. The van der Waals surface area contributed by atoms with E-state index in [1.807, 2.05) is 6.92 Å². The van der Waals surface area contributed by atoms with Crippen LogP contribution in [0, 0.1) is 23.2 Å². The van der Waals surface area contributed by atoms with Crippen LogP contribution in [0.25, 0.3) is 0 Å². The quantitative estimate of drug-likeness (QED) is 0.776. The van der Waals surface area contributed by atoms with Gasteiger partial charge >= 0.3 is 0 Å². The molecule has 1 heterocycles. The molecule has 18 heavy (non-hydrogen) atoms. The molecule has 100 valence electrons. The molecule has 0 aromatic carbocycles. The molecular formula is C14H21NO2S. The van der Waals surface area contributed by atoms with E-state index in [4.69, 9.17) is 0 Å². The van der Waals surface area contributed by atoms with Crippen LogP contribution in [-0.2, 0) is 4.79 Å². The Kier molecular flexibility index (Phi) is 2.87. The summed E-state index contributed by atoms with van der Waals surface area (Å²) >= 11 is 1.74. The van der Waals surface area contributed by atoms with E-state index in [2.05, 4.69) is 18.8 Å². The van der Waals surface area contributed by atoms with Crippen molar-refractivity contribution in [3.63, 3.8) is 0 Å². The van der Waals surface area contributed by atoms with Crippen LogP contribution in [0.3, 0.4) is 0 Å². The highest BCUT2D eigenvalue weighted by Gasteiger charge is 2.67. The molecule has 0 aromatic heterocycles. The number of fused-ring (bicyclic) bond motifs is 1. The fourth-order valence-electron chi connectivity index (χ4n) is 3.87. The molecular weight excluding hydrogens is 246 g/mol. The van der Waals surface area contributed by atoms with Gasteiger partial charge in [0.05, 0.1) is 18.1 Å². The summed E-state index contributed by atoms with van der Waals surface area (Å²) < 4.78 is 0. The molecule has 1 saturated heterocycles. The van der Waals surface area contributed by atoms with Gasteiger partial charge in [0.25, 0.3) is 0 Å². The highest BCUT2D eigenvalue weighted by molar-refractivity contribution is 7.99. The highest BCUT2D eigenvalue weighted by Crippen LogP contribution is 2.68. The largest absolute Gasteiger partial charge is 0.390 e. The van der Waals surface area contributed by atoms with Gasteiger partial charge in [-0.25, -0.2) is 0 Å². The predicted molar refractivity (Wildman–Crippen MR) is 74.1 cm³/mol. The van der Waals surface area contributed by atoms with Crippen molar-refractivity contribution in [3.8, 4) is 0 Å². The molecule has 3 nitrogen and oxygen atoms in total. The van der Waals surface area contributed by atoms with E-state index in [1.54, 1.807) is 11.8 Å². The summed E-state index contributed by atoms with van der Waals surface area (Å²) in [7, 11) is 0. The van der Waals surface area contributed by atoms with Crippen molar-refractivity contribution in [2.24, 2.45) is 28.2 Å². The van der Waals surface area contributed by atoms with E-state index < -0.39 is 0 Å². The van der Waals surface area contributed by atoms with Crippen molar-refractivity contribution in [1.29, 1.82) is 0 Å². The van der Waals surface area contributed by atoms with Crippen molar-refractivity contribution in [2.45, 2.75) is 39.3 Å². The minimum Gasteiger partial charge on any atom is -0.390 e. The summed E-state index contributed by atoms with van der Waals surface area (Å²) in [5.74, 6) is 3.13. The molecule has 3 rings (SSSR count). The van der Waals surface area contributed by atoms with E-state index in [1.165, 1.54) is 0 Å². The second-order valence-corrected chi connectivity index (χ2v) is 7.62. The van der Waals surface area contributed by atoms with E-state index in [0.717, 1.165) is 23.6 Å². The third-order valence-corrected chi connectivity index (χ3v) is 6.26. The first-order valence-electron chi connectivity index (χ1n) is 6.75. The molecule has 5 atom stereocenters. The molecule has 1 unspecified atom stereocenters. The molecule has 0 radical (unpaired) electrons. The smallest absolute Gasteiger partial charge is 0.142 e. The number of hydrogen-bond donors (Lipinski definition) is 1. The molecule has 3 fully saturated rings. The van der Waals surface area contributed by atoms with Crippen LogP contribution in [0.4, 0.5) is 0 Å². The second kappa shape index (κ2) is 4.07. The van der Waals surface area contributed by atoms with Gasteiger partial charge in [0.2, 0.25) is 0 Å². The molecule has 2 saturated carbocycles. The van der Waals surface area contributed by atoms with Gasteiger partial charge in [0.15, 0.2) is 0 Å². The predicted octanol–water partition coefficient (Wildman–Crippen LogP) is 1.78. The zero-order valence-corrected chi connectivity index (χ0v) is 12.0. The Balaban J connectivity index is 1.78. The Morgan fingerprint density at radius 3 is 2.72 bits per heavy atom. The Morgan fingerprint density at radius 1 is 1.44 bits per heavy atom. The number of aliphatic hydroxyl groups is 1. The number of Topliss-reactive ketones (excluding diaryl/α,β-unsaturated/α-hetero) is 1. The fourth-order valence-corrected chi connectivity index (χ4v) is 5.01. The Morgan fingerprint density at radius 2 is 2.17 bits per heavy atom. The van der Waals surface area contributed by atoms with Crippen LogP contribution in [0.1, 0.15) is 27.2 Å². The first-order chi connectivity index (χ1) is 8.43. The monoisotopic (exact) mass is 267 g/mol. The number of carbonyl (C=O) groups excluding carboxylic acids is 1. The number of rotatable bonds is 2. The fraction of sp³-hybridized carbons (Fsp3) is 0.857. The number of carbonyl (C=O) groups is 1. The van der Waals surface area contributed by atoms with Gasteiger partial charge in [-0.1, -0.05) is 13.8 Å². The zero-order chi connectivity index (χ0) is 13.1. The molecule has 0 spiro atoms.